The Morgan fingerprint density at radius 1 is 1.55 bits per heavy atom. The molecule has 1 amide bonds. The van der Waals surface area contributed by atoms with Crippen molar-refractivity contribution >= 4 is 51.9 Å². The normalized spacial score (nSPS) is 16.5. The number of thiocarbonyl (C=S) groups is 1. The van der Waals surface area contributed by atoms with Gasteiger partial charge in [0.15, 0.2) is 11.5 Å². The Hall–Kier alpha value is -1.50. The number of aromatic hydroxyl groups is 1. The average molecular weight is 356 g/mol. The fourth-order valence-corrected chi connectivity index (χ4v) is 3.37. The van der Waals surface area contributed by atoms with Crippen LogP contribution < -0.4 is 4.74 Å². The van der Waals surface area contributed by atoms with Crippen molar-refractivity contribution in [1.82, 2.24) is 4.90 Å². The van der Waals surface area contributed by atoms with Crippen molar-refractivity contribution in [2.45, 2.75) is 6.92 Å². The van der Waals surface area contributed by atoms with Crippen LogP contribution in [-0.2, 0) is 4.79 Å². The second-order valence-electron chi connectivity index (χ2n) is 4.36. The third-order valence-electron chi connectivity index (χ3n) is 2.83. The van der Waals surface area contributed by atoms with E-state index in [9.17, 15) is 9.90 Å². The summed E-state index contributed by atoms with van der Waals surface area (Å²) in [6, 6.07) is 3.20. The number of thioether (sulfide) groups is 1. The number of halogens is 1. The fourth-order valence-electron chi connectivity index (χ4n) is 1.88. The van der Waals surface area contributed by atoms with Crippen molar-refractivity contribution in [2.24, 2.45) is 0 Å². The van der Waals surface area contributed by atoms with Crippen molar-refractivity contribution in [2.75, 3.05) is 13.2 Å². The number of amides is 1. The third-order valence-corrected chi connectivity index (χ3v) is 4.50. The summed E-state index contributed by atoms with van der Waals surface area (Å²) in [5.41, 5.74) is 0.658. The topological polar surface area (TPSA) is 49.8 Å². The number of hydrogen-bond donors (Lipinski definition) is 1. The number of nitrogens with zero attached hydrogens (tertiary/aromatic N) is 1. The lowest BCUT2D eigenvalue weighted by atomic mass is 10.2. The van der Waals surface area contributed by atoms with Gasteiger partial charge in [0.05, 0.1) is 16.5 Å². The zero-order valence-corrected chi connectivity index (χ0v) is 14.2. The van der Waals surface area contributed by atoms with Crippen molar-refractivity contribution < 1.29 is 14.6 Å². The van der Waals surface area contributed by atoms with Gasteiger partial charge in [0.25, 0.3) is 5.91 Å². The lowest BCUT2D eigenvalue weighted by Crippen LogP contribution is -2.27. The van der Waals surface area contributed by atoms with Crippen molar-refractivity contribution in [3.63, 3.8) is 0 Å². The third kappa shape index (κ3) is 3.45. The first kappa shape index (κ1) is 16.9. The zero-order chi connectivity index (χ0) is 16.3. The number of ether oxygens (including phenoxy) is 1. The lowest BCUT2D eigenvalue weighted by molar-refractivity contribution is -0.121. The molecule has 22 heavy (non-hydrogen) atoms. The Bertz CT molecular complexity index is 673. The van der Waals surface area contributed by atoms with Gasteiger partial charge in [-0.05, 0) is 30.7 Å². The van der Waals surface area contributed by atoms with Crippen LogP contribution in [-0.4, -0.2) is 33.4 Å². The van der Waals surface area contributed by atoms with E-state index in [1.807, 2.05) is 0 Å². The highest BCUT2D eigenvalue weighted by Crippen LogP contribution is 2.38. The molecule has 1 heterocycles. The maximum Gasteiger partial charge on any atom is 0.266 e. The average Bonchev–Trinajstić information content (AvgIpc) is 2.72. The Balaban J connectivity index is 2.35. The summed E-state index contributed by atoms with van der Waals surface area (Å²) in [6.45, 7) is 6.19. The highest BCUT2D eigenvalue weighted by atomic mass is 35.5. The number of phenolic OH excluding ortho intramolecular Hbond substituents is 1. The molecule has 4 nitrogen and oxygen atoms in total. The molecular formula is C15H14ClNO3S2. The smallest absolute Gasteiger partial charge is 0.266 e. The van der Waals surface area contributed by atoms with Crippen LogP contribution in [0.2, 0.25) is 5.02 Å². The van der Waals surface area contributed by atoms with E-state index in [0.29, 0.717) is 27.9 Å². The van der Waals surface area contributed by atoms with Crippen LogP contribution in [0.25, 0.3) is 6.08 Å². The van der Waals surface area contributed by atoms with Gasteiger partial charge in [-0.3, -0.25) is 9.69 Å². The van der Waals surface area contributed by atoms with Gasteiger partial charge >= 0.3 is 0 Å². The van der Waals surface area contributed by atoms with Gasteiger partial charge in [-0.2, -0.15) is 0 Å². The van der Waals surface area contributed by atoms with Crippen molar-refractivity contribution in [3.05, 3.63) is 40.3 Å². The van der Waals surface area contributed by atoms with E-state index in [-0.39, 0.29) is 22.4 Å². The summed E-state index contributed by atoms with van der Waals surface area (Å²) < 4.78 is 5.82. The van der Waals surface area contributed by atoms with E-state index in [1.165, 1.54) is 16.7 Å². The number of rotatable bonds is 5. The number of carbonyl (C=O) groups excluding carboxylic acids is 1. The monoisotopic (exact) mass is 355 g/mol. The summed E-state index contributed by atoms with van der Waals surface area (Å²) in [7, 11) is 0. The summed E-state index contributed by atoms with van der Waals surface area (Å²) in [5, 5.41) is 10.00. The molecule has 0 spiro atoms. The Morgan fingerprint density at radius 2 is 2.27 bits per heavy atom. The van der Waals surface area contributed by atoms with Crippen LogP contribution in [0.5, 0.6) is 11.5 Å². The number of hydrogen-bond acceptors (Lipinski definition) is 5. The molecule has 7 heteroatoms. The van der Waals surface area contributed by atoms with Crippen LogP contribution in [0, 0.1) is 0 Å². The van der Waals surface area contributed by atoms with Gasteiger partial charge in [-0.25, -0.2) is 0 Å². The first-order chi connectivity index (χ1) is 10.5. The molecule has 116 valence electrons. The SMILES string of the molecule is C=CCN1C(=O)/C(=C/c2cc(Cl)c(O)c(OCC)c2)SC1=S. The van der Waals surface area contributed by atoms with Crippen LogP contribution in [0.15, 0.2) is 29.7 Å². The molecule has 2 rings (SSSR count). The predicted octanol–water partition coefficient (Wildman–Crippen LogP) is 3.83. The Morgan fingerprint density at radius 3 is 2.91 bits per heavy atom. The molecule has 1 fully saturated rings. The van der Waals surface area contributed by atoms with Crippen LogP contribution in [0.4, 0.5) is 0 Å². The first-order valence-corrected chi connectivity index (χ1v) is 8.09. The molecule has 1 saturated heterocycles. The van der Waals surface area contributed by atoms with E-state index in [2.05, 4.69) is 6.58 Å². The highest BCUT2D eigenvalue weighted by Gasteiger charge is 2.31. The van der Waals surface area contributed by atoms with Gasteiger partial charge < -0.3 is 9.84 Å². The summed E-state index contributed by atoms with van der Waals surface area (Å²) in [4.78, 5) is 14.2. The minimum Gasteiger partial charge on any atom is -0.503 e. The minimum atomic E-state index is -0.169. The molecule has 0 aromatic heterocycles. The molecule has 1 aliphatic heterocycles. The largest absolute Gasteiger partial charge is 0.503 e. The first-order valence-electron chi connectivity index (χ1n) is 6.49. The quantitative estimate of drug-likeness (QED) is 0.494. The Labute approximate surface area is 143 Å². The van der Waals surface area contributed by atoms with Gasteiger partial charge in [-0.15, -0.1) is 6.58 Å². The highest BCUT2D eigenvalue weighted by molar-refractivity contribution is 8.26. The predicted molar refractivity (Wildman–Crippen MR) is 94.4 cm³/mol. The molecule has 1 aromatic carbocycles. The number of phenols is 1. The van der Waals surface area contributed by atoms with Crippen LogP contribution in [0.1, 0.15) is 12.5 Å². The van der Waals surface area contributed by atoms with Gasteiger partial charge in [0.1, 0.15) is 4.32 Å². The van der Waals surface area contributed by atoms with Gasteiger partial charge in [-0.1, -0.05) is 41.7 Å². The molecule has 0 atom stereocenters. The molecule has 1 aromatic rings. The molecule has 0 saturated carbocycles. The molecule has 1 N–H and O–H groups in total. The second-order valence-corrected chi connectivity index (χ2v) is 6.45. The fraction of sp³-hybridized carbons (Fsp3) is 0.200. The minimum absolute atomic E-state index is 0.111. The number of benzene rings is 1. The maximum absolute atomic E-state index is 12.3. The van der Waals surface area contributed by atoms with Gasteiger partial charge in [0, 0.05) is 6.54 Å². The van der Waals surface area contributed by atoms with E-state index >= 15 is 0 Å². The maximum atomic E-state index is 12.3. The zero-order valence-electron chi connectivity index (χ0n) is 11.8. The molecule has 0 radical (unpaired) electrons. The number of carbonyl (C=O) groups is 1. The van der Waals surface area contributed by atoms with E-state index < -0.39 is 0 Å². The van der Waals surface area contributed by atoms with Crippen molar-refractivity contribution in [1.29, 1.82) is 0 Å². The van der Waals surface area contributed by atoms with Crippen molar-refractivity contribution in [3.8, 4) is 11.5 Å². The van der Waals surface area contributed by atoms with E-state index in [1.54, 1.807) is 31.2 Å². The molecular weight excluding hydrogens is 342 g/mol. The van der Waals surface area contributed by atoms with Crippen LogP contribution in [0.3, 0.4) is 0 Å². The lowest BCUT2D eigenvalue weighted by Gasteiger charge is -2.10. The van der Waals surface area contributed by atoms with Gasteiger partial charge in [0.2, 0.25) is 0 Å². The molecule has 1 aliphatic rings. The second kappa shape index (κ2) is 7.17. The summed E-state index contributed by atoms with van der Waals surface area (Å²) in [6.07, 6.45) is 3.30. The summed E-state index contributed by atoms with van der Waals surface area (Å²) in [5.74, 6) is -0.000231. The molecule has 0 unspecified atom stereocenters. The standard InChI is InChI=1S/C15H14ClNO3S2/c1-3-5-17-14(19)12(22-15(17)21)8-9-6-10(16)13(18)11(7-9)20-4-2/h3,6-8,18H,1,4-5H2,2H3/b12-8-. The van der Waals surface area contributed by atoms with E-state index in [4.69, 9.17) is 28.6 Å². The van der Waals surface area contributed by atoms with E-state index in [0.717, 1.165) is 0 Å². The molecule has 0 bridgehead atoms. The summed E-state index contributed by atoms with van der Waals surface area (Å²) >= 11 is 12.4. The Kier molecular flexibility index (Phi) is 5.50. The molecule has 0 aliphatic carbocycles. The van der Waals surface area contributed by atoms with Crippen LogP contribution >= 0.6 is 35.6 Å².